The summed E-state index contributed by atoms with van der Waals surface area (Å²) in [6, 6.07) is 0. The van der Waals surface area contributed by atoms with Gasteiger partial charge < -0.3 is 44.2 Å². The van der Waals surface area contributed by atoms with Crippen LogP contribution in [0.1, 0.15) is 12.6 Å². The van der Waals surface area contributed by atoms with Crippen molar-refractivity contribution in [3.63, 3.8) is 0 Å². The number of rotatable bonds is 9. The molecule has 1 unspecified atom stereocenters. The highest BCUT2D eigenvalue weighted by Crippen LogP contribution is 2.55. The molecule has 4 rings (SSSR count). The van der Waals surface area contributed by atoms with E-state index >= 15 is 0 Å². The number of ether oxygens (including phenoxy) is 2. The molecule has 0 bridgehead atoms. The van der Waals surface area contributed by atoms with Crippen LogP contribution in [-0.4, -0.2) is 100 Å². The Morgan fingerprint density at radius 2 is 1.97 bits per heavy atom. The molecule has 4 heterocycles. The average Bonchev–Trinajstić information content (AvgIpc) is 3.44. The van der Waals surface area contributed by atoms with Crippen LogP contribution >= 0.6 is 26.8 Å². The van der Waals surface area contributed by atoms with Crippen LogP contribution in [0.15, 0.2) is 0 Å². The Balaban J connectivity index is 1.50. The van der Waals surface area contributed by atoms with Gasteiger partial charge in [0.2, 0.25) is 5.28 Å². The maximum Gasteiger partial charge on any atom is 0.340 e. The Bertz CT molecular complexity index is 1130. The van der Waals surface area contributed by atoms with Crippen LogP contribution < -0.4 is 5.32 Å². The lowest BCUT2D eigenvalue weighted by molar-refractivity contribution is -0.0549. The SMILES string of the molecule is O=P(O)(O)CP(=O)(O)OC[C@H]1O[C@@H](n2nnc3c(NC[C@H]4CCOC4)nc(Cl)nc32)[C@H](O)[C@@H]1O. The minimum absolute atomic E-state index is 0.0947. The fourth-order valence-corrected chi connectivity index (χ4v) is 6.35. The van der Waals surface area contributed by atoms with Gasteiger partial charge >= 0.3 is 15.2 Å². The van der Waals surface area contributed by atoms with E-state index in [0.717, 1.165) is 11.1 Å². The number of anilines is 1. The van der Waals surface area contributed by atoms with E-state index in [4.69, 9.17) is 35.4 Å². The highest BCUT2D eigenvalue weighted by atomic mass is 35.5. The van der Waals surface area contributed by atoms with E-state index in [1.807, 2.05) is 0 Å². The van der Waals surface area contributed by atoms with Crippen LogP contribution in [-0.2, 0) is 23.1 Å². The maximum atomic E-state index is 11.9. The number of aliphatic hydroxyl groups excluding tert-OH is 2. The lowest BCUT2D eigenvalue weighted by atomic mass is 10.1. The highest BCUT2D eigenvalue weighted by Gasteiger charge is 2.46. The van der Waals surface area contributed by atoms with Crippen LogP contribution in [0.4, 0.5) is 5.82 Å². The van der Waals surface area contributed by atoms with Crippen molar-refractivity contribution in [2.45, 2.75) is 31.0 Å². The van der Waals surface area contributed by atoms with Crippen LogP contribution in [0.5, 0.6) is 0 Å². The van der Waals surface area contributed by atoms with Crippen molar-refractivity contribution in [1.29, 1.82) is 0 Å². The van der Waals surface area contributed by atoms with E-state index in [-0.39, 0.29) is 22.4 Å². The molecule has 0 saturated carbocycles. The number of aliphatic hydroxyl groups is 2. The van der Waals surface area contributed by atoms with E-state index in [1.54, 1.807) is 0 Å². The first-order valence-electron chi connectivity index (χ1n) is 10.1. The number of aromatic nitrogens is 5. The molecule has 34 heavy (non-hydrogen) atoms. The first-order valence-corrected chi connectivity index (χ1v) is 14.0. The van der Waals surface area contributed by atoms with Gasteiger partial charge in [-0.1, -0.05) is 5.21 Å². The predicted molar refractivity (Wildman–Crippen MR) is 114 cm³/mol. The van der Waals surface area contributed by atoms with Crippen LogP contribution in [0.2, 0.25) is 5.28 Å². The number of hydrogen-bond donors (Lipinski definition) is 6. The van der Waals surface area contributed by atoms with Crippen molar-refractivity contribution < 1.29 is 48.0 Å². The molecule has 0 amide bonds. The van der Waals surface area contributed by atoms with Crippen molar-refractivity contribution in [1.82, 2.24) is 25.0 Å². The predicted octanol–water partition coefficient (Wildman–Crippen LogP) is -0.721. The largest absolute Gasteiger partial charge is 0.387 e. The van der Waals surface area contributed by atoms with Crippen LogP contribution in [0.25, 0.3) is 11.2 Å². The molecule has 2 aliphatic heterocycles. The monoisotopic (exact) mass is 544 g/mol. The molecule has 6 atom stereocenters. The molecule has 0 spiro atoms. The Labute approximate surface area is 196 Å². The van der Waals surface area contributed by atoms with Gasteiger partial charge in [-0.25, -0.2) is 0 Å². The molecule has 2 fully saturated rings. The zero-order chi connectivity index (χ0) is 24.7. The molecule has 2 saturated heterocycles. The smallest absolute Gasteiger partial charge is 0.340 e. The van der Waals surface area contributed by atoms with Crippen LogP contribution in [0.3, 0.4) is 0 Å². The molecule has 19 heteroatoms. The van der Waals surface area contributed by atoms with Crippen molar-refractivity contribution in [2.75, 3.05) is 37.6 Å². The Kier molecular flexibility index (Phi) is 7.58. The number of nitrogens with one attached hydrogen (secondary N) is 1. The summed E-state index contributed by atoms with van der Waals surface area (Å²) < 4.78 is 39.5. The lowest BCUT2D eigenvalue weighted by Gasteiger charge is -2.18. The summed E-state index contributed by atoms with van der Waals surface area (Å²) in [5.74, 6) is -0.816. The molecular formula is C15H23ClN6O10P2. The zero-order valence-corrected chi connectivity index (χ0v) is 20.0. The zero-order valence-electron chi connectivity index (χ0n) is 17.4. The summed E-state index contributed by atoms with van der Waals surface area (Å²) in [6.07, 6.45) is -4.92. The minimum Gasteiger partial charge on any atom is -0.387 e. The average molecular weight is 545 g/mol. The van der Waals surface area contributed by atoms with E-state index < -0.39 is 52.2 Å². The summed E-state index contributed by atoms with van der Waals surface area (Å²) in [4.78, 5) is 35.6. The van der Waals surface area contributed by atoms with Crippen LogP contribution in [0, 0.1) is 5.92 Å². The van der Waals surface area contributed by atoms with Gasteiger partial charge in [0.1, 0.15) is 18.3 Å². The first-order chi connectivity index (χ1) is 15.9. The molecule has 0 radical (unpaired) electrons. The van der Waals surface area contributed by atoms with E-state index in [2.05, 4.69) is 25.6 Å². The van der Waals surface area contributed by atoms with Gasteiger partial charge in [0, 0.05) is 19.1 Å². The molecule has 2 aliphatic rings. The topological polar surface area (TPSA) is 231 Å². The van der Waals surface area contributed by atoms with Gasteiger partial charge in [-0.15, -0.1) is 5.10 Å². The third-order valence-corrected chi connectivity index (χ3v) is 8.89. The quantitative estimate of drug-likeness (QED) is 0.169. The van der Waals surface area contributed by atoms with Gasteiger partial charge in [0.05, 0.1) is 13.2 Å². The molecule has 0 aromatic carbocycles. The normalized spacial score (nSPS) is 29.5. The van der Waals surface area contributed by atoms with E-state index in [1.165, 1.54) is 0 Å². The van der Waals surface area contributed by atoms with Crippen molar-refractivity contribution in [3.05, 3.63) is 5.28 Å². The number of nitrogens with zero attached hydrogens (tertiary/aromatic N) is 5. The minimum atomic E-state index is -4.83. The third-order valence-electron chi connectivity index (χ3n) is 5.26. The van der Waals surface area contributed by atoms with Crippen molar-refractivity contribution in [2.24, 2.45) is 5.92 Å². The van der Waals surface area contributed by atoms with E-state index in [9.17, 15) is 24.2 Å². The Morgan fingerprint density at radius 1 is 1.21 bits per heavy atom. The van der Waals surface area contributed by atoms with E-state index in [0.29, 0.717) is 25.6 Å². The van der Waals surface area contributed by atoms with Gasteiger partial charge in [-0.3, -0.25) is 9.13 Å². The molecule has 6 N–H and O–H groups in total. The molecule has 0 aliphatic carbocycles. The second-order valence-corrected chi connectivity index (χ2v) is 12.3. The maximum absolute atomic E-state index is 11.9. The number of halogens is 1. The van der Waals surface area contributed by atoms with Gasteiger partial charge in [0.25, 0.3) is 0 Å². The van der Waals surface area contributed by atoms with Gasteiger partial charge in [0.15, 0.2) is 29.1 Å². The Morgan fingerprint density at radius 3 is 2.65 bits per heavy atom. The Hall–Kier alpha value is -1.29. The van der Waals surface area contributed by atoms with Gasteiger partial charge in [-0.05, 0) is 18.0 Å². The fraction of sp³-hybridized carbons (Fsp3) is 0.733. The standard InChI is InChI=1S/C15H23ClN6O10P2/c16-15-18-12(17-3-7-1-2-30-4-7)9-13(19-15)22(21-20-9)14-11(24)10(23)8(32-14)5-31-34(28,29)6-33(25,26)27/h7-8,10-11,14,23-24H,1-6H2,(H,28,29)(H,17,18,19)(H2,25,26,27)/t7-,8-,10-,11-,14-/m1/s1. The molecule has 2 aromatic rings. The molecule has 16 nitrogen and oxygen atoms in total. The number of fused-ring (bicyclic) bond motifs is 1. The highest BCUT2D eigenvalue weighted by molar-refractivity contribution is 7.70. The molecule has 190 valence electrons. The third kappa shape index (κ3) is 5.91. The summed E-state index contributed by atoms with van der Waals surface area (Å²) in [6.45, 7) is 1.10. The van der Waals surface area contributed by atoms with Crippen molar-refractivity contribution >= 4 is 43.8 Å². The number of hydrogen-bond acceptors (Lipinski definition) is 12. The lowest BCUT2D eigenvalue weighted by Crippen LogP contribution is -2.33. The molecular weight excluding hydrogens is 522 g/mol. The van der Waals surface area contributed by atoms with Crippen molar-refractivity contribution in [3.8, 4) is 0 Å². The second-order valence-electron chi connectivity index (χ2n) is 7.94. The summed E-state index contributed by atoms with van der Waals surface area (Å²) in [5.41, 5.74) is 0.326. The van der Waals surface area contributed by atoms with Gasteiger partial charge in [-0.2, -0.15) is 14.6 Å². The first kappa shape index (κ1) is 25.8. The summed E-state index contributed by atoms with van der Waals surface area (Å²) in [7, 11) is -9.52. The molecule has 2 aromatic heterocycles. The fourth-order valence-electron chi connectivity index (χ4n) is 3.62. The second kappa shape index (κ2) is 9.99. The summed E-state index contributed by atoms with van der Waals surface area (Å²) in [5, 5.41) is 31.8. The summed E-state index contributed by atoms with van der Waals surface area (Å²) >= 11 is 6.05.